The maximum atomic E-state index is 13.5. The number of hydrogen-bond donors (Lipinski definition) is 0. The average molecular weight is 376 g/mol. The molecule has 1 amide bonds. The molecule has 4 nitrogen and oxygen atoms in total. The molecule has 1 atom stereocenters. The molecule has 0 aliphatic carbocycles. The molecular formula is C24H29N3O. The van der Waals surface area contributed by atoms with E-state index >= 15 is 0 Å². The Labute approximate surface area is 167 Å². The second-order valence-electron chi connectivity index (χ2n) is 8.02. The summed E-state index contributed by atoms with van der Waals surface area (Å²) in [4.78, 5) is 20.1. The molecule has 0 saturated heterocycles. The fourth-order valence-corrected chi connectivity index (χ4v) is 4.69. The molecule has 0 N–H and O–H groups in total. The molecule has 0 unspecified atom stereocenters. The molecule has 3 heterocycles. The molecule has 146 valence electrons. The van der Waals surface area contributed by atoms with Gasteiger partial charge in [0.15, 0.2) is 0 Å². The van der Waals surface area contributed by atoms with Crippen molar-refractivity contribution in [3.63, 3.8) is 0 Å². The summed E-state index contributed by atoms with van der Waals surface area (Å²) in [5, 5.41) is 1.00. The van der Waals surface area contributed by atoms with E-state index < -0.39 is 0 Å². The summed E-state index contributed by atoms with van der Waals surface area (Å²) in [6.07, 6.45) is 4.94. The Morgan fingerprint density at radius 1 is 1.14 bits per heavy atom. The van der Waals surface area contributed by atoms with Crippen LogP contribution in [0.2, 0.25) is 0 Å². The SMILES string of the molecule is CCN(CC)C(=O)c1c2n(c3ncccc13)CC[C@@]2(C)CCc1ccccc1. The van der Waals surface area contributed by atoms with Crippen LogP contribution in [0.15, 0.2) is 48.7 Å². The first kappa shape index (κ1) is 18.7. The summed E-state index contributed by atoms with van der Waals surface area (Å²) in [7, 11) is 0. The van der Waals surface area contributed by atoms with Crippen LogP contribution in [-0.2, 0) is 18.4 Å². The third kappa shape index (κ3) is 3.01. The van der Waals surface area contributed by atoms with Crippen molar-refractivity contribution in [2.75, 3.05) is 13.1 Å². The molecule has 28 heavy (non-hydrogen) atoms. The predicted octanol–water partition coefficient (Wildman–Crippen LogP) is 4.81. The Balaban J connectivity index is 1.80. The number of amides is 1. The summed E-state index contributed by atoms with van der Waals surface area (Å²) < 4.78 is 2.30. The van der Waals surface area contributed by atoms with Crippen molar-refractivity contribution in [3.8, 4) is 0 Å². The van der Waals surface area contributed by atoms with Crippen molar-refractivity contribution in [1.29, 1.82) is 0 Å². The lowest BCUT2D eigenvalue weighted by Crippen LogP contribution is -2.33. The first-order chi connectivity index (χ1) is 13.6. The highest BCUT2D eigenvalue weighted by molar-refractivity contribution is 6.08. The Morgan fingerprint density at radius 3 is 2.61 bits per heavy atom. The lowest BCUT2D eigenvalue weighted by Gasteiger charge is -2.27. The van der Waals surface area contributed by atoms with Crippen molar-refractivity contribution in [2.24, 2.45) is 0 Å². The van der Waals surface area contributed by atoms with Gasteiger partial charge in [-0.3, -0.25) is 4.79 Å². The number of benzene rings is 1. The van der Waals surface area contributed by atoms with Crippen LogP contribution >= 0.6 is 0 Å². The monoisotopic (exact) mass is 375 g/mol. The maximum Gasteiger partial charge on any atom is 0.256 e. The molecule has 0 bridgehead atoms. The second kappa shape index (κ2) is 7.42. The summed E-state index contributed by atoms with van der Waals surface area (Å²) in [5.41, 5.74) is 4.35. The lowest BCUT2D eigenvalue weighted by atomic mass is 9.78. The summed E-state index contributed by atoms with van der Waals surface area (Å²) in [5.74, 6) is 0.143. The third-order valence-corrected chi connectivity index (χ3v) is 6.35. The molecule has 1 aromatic carbocycles. The van der Waals surface area contributed by atoms with Crippen molar-refractivity contribution < 1.29 is 4.79 Å². The van der Waals surface area contributed by atoms with Crippen LogP contribution in [0.25, 0.3) is 11.0 Å². The van der Waals surface area contributed by atoms with Gasteiger partial charge >= 0.3 is 0 Å². The predicted molar refractivity (Wildman–Crippen MR) is 114 cm³/mol. The number of carbonyl (C=O) groups is 1. The van der Waals surface area contributed by atoms with E-state index in [9.17, 15) is 4.79 Å². The lowest BCUT2D eigenvalue weighted by molar-refractivity contribution is 0.0772. The minimum atomic E-state index is -0.0192. The largest absolute Gasteiger partial charge is 0.339 e. The van der Waals surface area contributed by atoms with Crippen molar-refractivity contribution in [2.45, 2.75) is 52.0 Å². The van der Waals surface area contributed by atoms with Gasteiger partial charge in [0.25, 0.3) is 5.91 Å². The van der Waals surface area contributed by atoms with Crippen LogP contribution in [0.1, 0.15) is 55.2 Å². The number of pyridine rings is 1. The minimum Gasteiger partial charge on any atom is -0.339 e. The zero-order chi connectivity index (χ0) is 19.7. The molecule has 0 spiro atoms. The van der Waals surface area contributed by atoms with Crippen LogP contribution in [-0.4, -0.2) is 33.4 Å². The van der Waals surface area contributed by atoms with Gasteiger partial charge in [0.1, 0.15) is 5.65 Å². The number of carbonyl (C=O) groups excluding carboxylic acids is 1. The molecule has 0 fully saturated rings. The van der Waals surface area contributed by atoms with Gasteiger partial charge in [-0.2, -0.15) is 0 Å². The van der Waals surface area contributed by atoms with Crippen LogP contribution in [0.5, 0.6) is 0 Å². The Morgan fingerprint density at radius 2 is 1.89 bits per heavy atom. The van der Waals surface area contributed by atoms with Crippen LogP contribution in [0.4, 0.5) is 0 Å². The fraction of sp³-hybridized carbons (Fsp3) is 0.417. The Kier molecular flexibility index (Phi) is 4.96. The minimum absolute atomic E-state index is 0.0192. The van der Waals surface area contributed by atoms with Crippen molar-refractivity contribution in [1.82, 2.24) is 14.5 Å². The highest BCUT2D eigenvalue weighted by Crippen LogP contribution is 2.44. The van der Waals surface area contributed by atoms with Gasteiger partial charge < -0.3 is 9.47 Å². The van der Waals surface area contributed by atoms with Gasteiger partial charge in [-0.1, -0.05) is 37.3 Å². The number of hydrogen-bond acceptors (Lipinski definition) is 2. The van der Waals surface area contributed by atoms with Crippen molar-refractivity contribution >= 4 is 16.9 Å². The summed E-state index contributed by atoms with van der Waals surface area (Å²) in [6.45, 7) is 8.80. The summed E-state index contributed by atoms with van der Waals surface area (Å²) in [6, 6.07) is 14.6. The van der Waals surface area contributed by atoms with Crippen LogP contribution in [0.3, 0.4) is 0 Å². The van der Waals surface area contributed by atoms with E-state index in [2.05, 4.69) is 52.9 Å². The van der Waals surface area contributed by atoms with Gasteiger partial charge in [0, 0.05) is 42.3 Å². The first-order valence-corrected chi connectivity index (χ1v) is 10.4. The fourth-order valence-electron chi connectivity index (χ4n) is 4.69. The van der Waals surface area contributed by atoms with Gasteiger partial charge in [-0.15, -0.1) is 0 Å². The number of aromatic nitrogens is 2. The second-order valence-corrected chi connectivity index (χ2v) is 8.02. The molecule has 4 heteroatoms. The van der Waals surface area contributed by atoms with Gasteiger partial charge in [-0.05, 0) is 50.8 Å². The van der Waals surface area contributed by atoms with E-state index in [0.29, 0.717) is 0 Å². The molecule has 1 aliphatic rings. The number of rotatable bonds is 6. The smallest absolute Gasteiger partial charge is 0.256 e. The Bertz CT molecular complexity index is 988. The van der Waals surface area contributed by atoms with E-state index in [1.165, 1.54) is 11.3 Å². The van der Waals surface area contributed by atoms with Crippen LogP contribution < -0.4 is 0 Å². The summed E-state index contributed by atoms with van der Waals surface area (Å²) >= 11 is 0. The molecular weight excluding hydrogens is 346 g/mol. The van der Waals surface area contributed by atoms with Crippen LogP contribution in [0, 0.1) is 0 Å². The normalized spacial score (nSPS) is 18.4. The zero-order valence-electron chi connectivity index (χ0n) is 17.1. The zero-order valence-corrected chi connectivity index (χ0v) is 17.1. The number of nitrogens with zero attached hydrogens (tertiary/aromatic N) is 3. The van der Waals surface area contributed by atoms with Gasteiger partial charge in [-0.25, -0.2) is 4.98 Å². The number of fused-ring (bicyclic) bond motifs is 3. The van der Waals surface area contributed by atoms with E-state index in [0.717, 1.165) is 55.5 Å². The topological polar surface area (TPSA) is 38.1 Å². The quantitative estimate of drug-likeness (QED) is 0.620. The Hall–Kier alpha value is -2.62. The molecule has 4 rings (SSSR count). The first-order valence-electron chi connectivity index (χ1n) is 10.4. The van der Waals surface area contributed by atoms with E-state index in [1.54, 1.807) is 0 Å². The average Bonchev–Trinajstić information content (AvgIpc) is 3.24. The standard InChI is InChI=1S/C24H29N3O/c1-4-26(5-2)23(28)20-19-12-9-16-25-22(19)27-17-15-24(3,21(20)27)14-13-18-10-7-6-8-11-18/h6-12,16H,4-5,13-15,17H2,1-3H3/t24-/m1/s1. The van der Waals surface area contributed by atoms with E-state index in [4.69, 9.17) is 0 Å². The maximum absolute atomic E-state index is 13.5. The highest BCUT2D eigenvalue weighted by Gasteiger charge is 2.41. The molecule has 0 saturated carbocycles. The van der Waals surface area contributed by atoms with E-state index in [1.807, 2.05) is 31.0 Å². The number of aryl methyl sites for hydroxylation is 2. The molecule has 3 aromatic rings. The van der Waals surface area contributed by atoms with Crippen molar-refractivity contribution in [3.05, 3.63) is 65.5 Å². The molecule has 2 aromatic heterocycles. The van der Waals surface area contributed by atoms with Gasteiger partial charge in [0.2, 0.25) is 0 Å². The third-order valence-electron chi connectivity index (χ3n) is 6.35. The molecule has 0 radical (unpaired) electrons. The highest BCUT2D eigenvalue weighted by atomic mass is 16.2. The van der Waals surface area contributed by atoms with Gasteiger partial charge in [0.05, 0.1) is 5.56 Å². The van der Waals surface area contributed by atoms with E-state index in [-0.39, 0.29) is 11.3 Å². The molecule has 1 aliphatic heterocycles.